The first-order valence-electron chi connectivity index (χ1n) is 6.12. The van der Waals surface area contributed by atoms with Crippen LogP contribution in [0.4, 0.5) is 5.69 Å². The molecule has 0 heterocycles. The van der Waals surface area contributed by atoms with Crippen molar-refractivity contribution in [1.29, 1.82) is 0 Å². The minimum absolute atomic E-state index is 0.186. The van der Waals surface area contributed by atoms with Crippen molar-refractivity contribution in [3.05, 3.63) is 24.3 Å². The summed E-state index contributed by atoms with van der Waals surface area (Å²) >= 11 is 0. The zero-order chi connectivity index (χ0) is 13.2. The van der Waals surface area contributed by atoms with E-state index in [-0.39, 0.29) is 4.90 Å². The summed E-state index contributed by atoms with van der Waals surface area (Å²) in [5.41, 5.74) is 6.30. The van der Waals surface area contributed by atoms with Gasteiger partial charge >= 0.3 is 0 Å². The number of nitrogens with two attached hydrogens (primary N) is 2. The second-order valence-electron chi connectivity index (χ2n) is 4.58. The van der Waals surface area contributed by atoms with Gasteiger partial charge in [0.1, 0.15) is 4.90 Å². The number of benzene rings is 1. The number of para-hydroxylation sites is 1. The first-order valence-corrected chi connectivity index (χ1v) is 7.67. The predicted octanol–water partition coefficient (Wildman–Crippen LogP) is 0.652. The van der Waals surface area contributed by atoms with Crippen molar-refractivity contribution in [3.63, 3.8) is 0 Å². The van der Waals surface area contributed by atoms with Gasteiger partial charge in [-0.3, -0.25) is 0 Å². The highest BCUT2D eigenvalue weighted by Gasteiger charge is 2.27. The molecule has 1 saturated carbocycles. The fraction of sp³-hybridized carbons (Fsp3) is 0.500. The molecule has 18 heavy (non-hydrogen) atoms. The molecule has 100 valence electrons. The molecule has 0 saturated heterocycles. The first-order chi connectivity index (χ1) is 8.54. The number of rotatable bonds is 5. The van der Waals surface area contributed by atoms with E-state index in [1.165, 1.54) is 6.42 Å². The van der Waals surface area contributed by atoms with E-state index in [1.807, 2.05) is 6.07 Å². The number of sulfonamides is 1. The number of hydrogen-bond acceptors (Lipinski definition) is 4. The van der Waals surface area contributed by atoms with Crippen molar-refractivity contribution < 1.29 is 8.42 Å². The van der Waals surface area contributed by atoms with E-state index in [2.05, 4.69) is 4.90 Å². The molecule has 0 aromatic heterocycles. The molecule has 0 unspecified atom stereocenters. The Morgan fingerprint density at radius 1 is 1.28 bits per heavy atom. The highest BCUT2D eigenvalue weighted by atomic mass is 32.2. The van der Waals surface area contributed by atoms with Crippen LogP contribution in [0.15, 0.2) is 29.2 Å². The number of nitrogens with zero attached hydrogens (tertiary/aromatic N) is 1. The Hall–Kier alpha value is -1.11. The van der Waals surface area contributed by atoms with E-state index in [9.17, 15) is 8.42 Å². The SMILES string of the molecule is NCCN(c1ccccc1S(N)(=O)=O)C1CCC1. The van der Waals surface area contributed by atoms with Crippen LogP contribution in [0.25, 0.3) is 0 Å². The summed E-state index contributed by atoms with van der Waals surface area (Å²) in [5, 5.41) is 5.27. The van der Waals surface area contributed by atoms with Crippen molar-refractivity contribution in [2.24, 2.45) is 10.9 Å². The van der Waals surface area contributed by atoms with Crippen LogP contribution < -0.4 is 15.8 Å². The van der Waals surface area contributed by atoms with Crippen LogP contribution in [0.2, 0.25) is 0 Å². The monoisotopic (exact) mass is 269 g/mol. The van der Waals surface area contributed by atoms with Crippen LogP contribution in [-0.4, -0.2) is 27.5 Å². The van der Waals surface area contributed by atoms with Crippen LogP contribution in [0.5, 0.6) is 0 Å². The lowest BCUT2D eigenvalue weighted by Crippen LogP contribution is -2.43. The largest absolute Gasteiger partial charge is 0.366 e. The van der Waals surface area contributed by atoms with Gasteiger partial charge in [-0.2, -0.15) is 0 Å². The summed E-state index contributed by atoms with van der Waals surface area (Å²) in [6.45, 7) is 1.15. The molecule has 1 aromatic rings. The molecule has 2 rings (SSSR count). The molecule has 1 aliphatic rings. The lowest BCUT2D eigenvalue weighted by Gasteiger charge is -2.39. The Bertz CT molecular complexity index is 512. The Labute approximate surface area is 108 Å². The van der Waals surface area contributed by atoms with Gasteiger partial charge in [0, 0.05) is 19.1 Å². The number of hydrogen-bond donors (Lipinski definition) is 2. The fourth-order valence-electron chi connectivity index (χ4n) is 2.27. The Balaban J connectivity index is 2.40. The molecule has 0 radical (unpaired) electrons. The van der Waals surface area contributed by atoms with Crippen molar-refractivity contribution in [2.75, 3.05) is 18.0 Å². The Morgan fingerprint density at radius 2 is 1.94 bits per heavy atom. The zero-order valence-electron chi connectivity index (χ0n) is 10.2. The van der Waals surface area contributed by atoms with E-state index in [4.69, 9.17) is 10.9 Å². The van der Waals surface area contributed by atoms with Crippen LogP contribution in [0.3, 0.4) is 0 Å². The molecule has 0 atom stereocenters. The summed E-state index contributed by atoms with van der Waals surface area (Å²) in [5.74, 6) is 0. The lowest BCUT2D eigenvalue weighted by molar-refractivity contribution is 0.386. The highest BCUT2D eigenvalue weighted by molar-refractivity contribution is 7.89. The average Bonchev–Trinajstić information content (AvgIpc) is 2.25. The molecule has 5 nitrogen and oxygen atoms in total. The third-order valence-corrected chi connectivity index (χ3v) is 4.32. The van der Waals surface area contributed by atoms with Gasteiger partial charge < -0.3 is 10.6 Å². The van der Waals surface area contributed by atoms with Gasteiger partial charge in [-0.05, 0) is 31.4 Å². The standard InChI is InChI=1S/C12H19N3O2S/c13-8-9-15(10-4-3-5-10)11-6-1-2-7-12(11)18(14,16)17/h1-2,6-7,10H,3-5,8-9,13H2,(H2,14,16,17). The number of anilines is 1. The smallest absolute Gasteiger partial charge is 0.240 e. The van der Waals surface area contributed by atoms with E-state index in [0.29, 0.717) is 24.8 Å². The summed E-state index contributed by atoms with van der Waals surface area (Å²) in [6, 6.07) is 7.24. The van der Waals surface area contributed by atoms with Gasteiger partial charge in [0.2, 0.25) is 10.0 Å². The Kier molecular flexibility index (Phi) is 3.89. The van der Waals surface area contributed by atoms with Gasteiger partial charge in [-0.1, -0.05) is 12.1 Å². The lowest BCUT2D eigenvalue weighted by atomic mass is 9.91. The first kappa shape index (κ1) is 13.3. The molecule has 0 spiro atoms. The molecular weight excluding hydrogens is 250 g/mol. The van der Waals surface area contributed by atoms with Gasteiger partial charge in [-0.25, -0.2) is 13.6 Å². The molecule has 4 N–H and O–H groups in total. The van der Waals surface area contributed by atoms with E-state index in [0.717, 1.165) is 12.8 Å². The molecule has 0 aliphatic heterocycles. The molecule has 0 amide bonds. The third kappa shape index (κ3) is 2.66. The molecule has 6 heteroatoms. The van der Waals surface area contributed by atoms with Crippen LogP contribution >= 0.6 is 0 Å². The van der Waals surface area contributed by atoms with E-state index in [1.54, 1.807) is 18.2 Å². The molecule has 0 bridgehead atoms. The maximum absolute atomic E-state index is 11.6. The molecular formula is C12H19N3O2S. The van der Waals surface area contributed by atoms with Crippen molar-refractivity contribution in [1.82, 2.24) is 0 Å². The van der Waals surface area contributed by atoms with Crippen LogP contribution in [0, 0.1) is 0 Å². The maximum atomic E-state index is 11.6. The molecule has 1 aromatic carbocycles. The second kappa shape index (κ2) is 5.26. The summed E-state index contributed by atoms with van der Waals surface area (Å²) in [7, 11) is -3.70. The van der Waals surface area contributed by atoms with Crippen molar-refractivity contribution in [3.8, 4) is 0 Å². The fourth-order valence-corrected chi connectivity index (χ4v) is 3.02. The Morgan fingerprint density at radius 3 is 2.44 bits per heavy atom. The van der Waals surface area contributed by atoms with Gasteiger partial charge in [0.25, 0.3) is 0 Å². The van der Waals surface area contributed by atoms with Gasteiger partial charge in [0.05, 0.1) is 5.69 Å². The van der Waals surface area contributed by atoms with E-state index >= 15 is 0 Å². The highest BCUT2D eigenvalue weighted by Crippen LogP contribution is 2.32. The number of primary sulfonamides is 1. The zero-order valence-corrected chi connectivity index (χ0v) is 11.1. The van der Waals surface area contributed by atoms with E-state index < -0.39 is 10.0 Å². The van der Waals surface area contributed by atoms with Crippen LogP contribution in [-0.2, 0) is 10.0 Å². The van der Waals surface area contributed by atoms with Crippen molar-refractivity contribution >= 4 is 15.7 Å². The topological polar surface area (TPSA) is 89.4 Å². The summed E-state index contributed by atoms with van der Waals surface area (Å²) in [4.78, 5) is 2.26. The minimum atomic E-state index is -3.70. The van der Waals surface area contributed by atoms with Crippen molar-refractivity contribution in [2.45, 2.75) is 30.2 Å². The summed E-state index contributed by atoms with van der Waals surface area (Å²) in [6.07, 6.45) is 3.35. The molecule has 1 fully saturated rings. The maximum Gasteiger partial charge on any atom is 0.240 e. The average molecular weight is 269 g/mol. The quantitative estimate of drug-likeness (QED) is 0.821. The normalized spacial score (nSPS) is 16.3. The predicted molar refractivity (Wildman–Crippen MR) is 71.9 cm³/mol. The third-order valence-electron chi connectivity index (χ3n) is 3.37. The van der Waals surface area contributed by atoms with Crippen LogP contribution in [0.1, 0.15) is 19.3 Å². The summed E-state index contributed by atoms with van der Waals surface area (Å²) < 4.78 is 23.2. The minimum Gasteiger partial charge on any atom is -0.366 e. The van der Waals surface area contributed by atoms with Gasteiger partial charge in [-0.15, -0.1) is 0 Å². The van der Waals surface area contributed by atoms with Gasteiger partial charge in [0.15, 0.2) is 0 Å². The second-order valence-corrected chi connectivity index (χ2v) is 6.11. The molecule has 1 aliphatic carbocycles.